The summed E-state index contributed by atoms with van der Waals surface area (Å²) in [6, 6.07) is 0. The standard InChI is InChI=1S/C12H20N4/c1-2-4-6-8-11(9-7-5-3-1)12-15-13-10-14-16-12/h10-11H,1-9H2. The first-order valence-corrected chi connectivity index (χ1v) is 6.47. The predicted octanol–water partition coefficient (Wildman–Crippen LogP) is 2.87. The first kappa shape index (κ1) is 11.4. The average molecular weight is 220 g/mol. The molecular formula is C12H20N4. The van der Waals surface area contributed by atoms with Crippen molar-refractivity contribution in [2.24, 2.45) is 0 Å². The molecule has 0 aliphatic heterocycles. The van der Waals surface area contributed by atoms with Crippen molar-refractivity contribution in [2.75, 3.05) is 0 Å². The predicted molar refractivity (Wildman–Crippen MR) is 61.9 cm³/mol. The third-order valence-electron chi connectivity index (χ3n) is 3.39. The fourth-order valence-corrected chi connectivity index (χ4v) is 2.44. The monoisotopic (exact) mass is 220 g/mol. The highest BCUT2D eigenvalue weighted by molar-refractivity contribution is 4.90. The summed E-state index contributed by atoms with van der Waals surface area (Å²) in [6.07, 6.45) is 13.3. The Labute approximate surface area is 96.9 Å². The molecule has 16 heavy (non-hydrogen) atoms. The summed E-state index contributed by atoms with van der Waals surface area (Å²) in [4.78, 5) is 0. The van der Waals surface area contributed by atoms with E-state index >= 15 is 0 Å². The highest BCUT2D eigenvalue weighted by atomic mass is 15.3. The molecule has 2 rings (SSSR count). The van der Waals surface area contributed by atoms with E-state index in [1.807, 2.05) is 0 Å². The van der Waals surface area contributed by atoms with E-state index < -0.39 is 0 Å². The Balaban J connectivity index is 1.94. The van der Waals surface area contributed by atoms with Crippen molar-refractivity contribution in [2.45, 2.75) is 63.7 Å². The molecule has 0 atom stereocenters. The van der Waals surface area contributed by atoms with E-state index in [1.165, 1.54) is 64.1 Å². The van der Waals surface area contributed by atoms with Crippen LogP contribution in [0.2, 0.25) is 0 Å². The van der Waals surface area contributed by atoms with Gasteiger partial charge in [0.15, 0.2) is 12.2 Å². The Morgan fingerprint density at radius 2 is 1.25 bits per heavy atom. The minimum absolute atomic E-state index is 0.485. The number of hydrogen-bond acceptors (Lipinski definition) is 4. The van der Waals surface area contributed by atoms with Gasteiger partial charge < -0.3 is 0 Å². The van der Waals surface area contributed by atoms with Gasteiger partial charge in [0, 0.05) is 5.92 Å². The van der Waals surface area contributed by atoms with Crippen LogP contribution in [0.3, 0.4) is 0 Å². The molecule has 0 aromatic carbocycles. The Morgan fingerprint density at radius 1 is 0.750 bits per heavy atom. The van der Waals surface area contributed by atoms with Crippen molar-refractivity contribution in [1.29, 1.82) is 0 Å². The molecule has 4 heteroatoms. The highest BCUT2D eigenvalue weighted by Crippen LogP contribution is 2.26. The molecule has 1 aromatic rings. The lowest BCUT2D eigenvalue weighted by Gasteiger charge is -2.15. The quantitative estimate of drug-likeness (QED) is 0.730. The summed E-state index contributed by atoms with van der Waals surface area (Å²) in [7, 11) is 0. The van der Waals surface area contributed by atoms with E-state index in [1.54, 1.807) is 0 Å². The van der Waals surface area contributed by atoms with Crippen molar-refractivity contribution in [1.82, 2.24) is 20.4 Å². The van der Waals surface area contributed by atoms with E-state index in [4.69, 9.17) is 0 Å². The van der Waals surface area contributed by atoms with E-state index in [2.05, 4.69) is 20.4 Å². The molecule has 1 fully saturated rings. The first-order chi connectivity index (χ1) is 7.97. The maximum atomic E-state index is 4.11. The third-order valence-corrected chi connectivity index (χ3v) is 3.39. The summed E-state index contributed by atoms with van der Waals surface area (Å²) in [6.45, 7) is 0. The van der Waals surface area contributed by atoms with Crippen LogP contribution >= 0.6 is 0 Å². The van der Waals surface area contributed by atoms with Gasteiger partial charge in [0.2, 0.25) is 0 Å². The second kappa shape index (κ2) is 6.51. The van der Waals surface area contributed by atoms with Crippen molar-refractivity contribution < 1.29 is 0 Å². The Hall–Kier alpha value is -1.06. The number of aromatic nitrogens is 4. The zero-order chi connectivity index (χ0) is 11.1. The largest absolute Gasteiger partial charge is 0.176 e. The second-order valence-corrected chi connectivity index (χ2v) is 4.65. The van der Waals surface area contributed by atoms with Crippen LogP contribution in [0.25, 0.3) is 0 Å². The SMILES string of the molecule is c1nnc(C2CCCCCCCCC2)nn1. The van der Waals surface area contributed by atoms with Gasteiger partial charge in [-0.15, -0.1) is 20.4 Å². The van der Waals surface area contributed by atoms with Crippen LogP contribution in [0, 0.1) is 0 Å². The van der Waals surface area contributed by atoms with Gasteiger partial charge in [-0.3, -0.25) is 0 Å². The van der Waals surface area contributed by atoms with Crippen molar-refractivity contribution in [3.05, 3.63) is 12.2 Å². The maximum absolute atomic E-state index is 4.11. The van der Waals surface area contributed by atoms with Gasteiger partial charge in [-0.05, 0) is 12.8 Å². The minimum atomic E-state index is 0.485. The molecule has 0 radical (unpaired) electrons. The Kier molecular flexibility index (Phi) is 4.65. The van der Waals surface area contributed by atoms with Crippen LogP contribution in [-0.2, 0) is 0 Å². The van der Waals surface area contributed by atoms with Gasteiger partial charge in [-0.2, -0.15) is 0 Å². The minimum Gasteiger partial charge on any atom is -0.135 e. The van der Waals surface area contributed by atoms with Gasteiger partial charge in [-0.25, -0.2) is 0 Å². The summed E-state index contributed by atoms with van der Waals surface area (Å²) in [5.74, 6) is 1.34. The van der Waals surface area contributed by atoms with Crippen LogP contribution in [-0.4, -0.2) is 20.4 Å². The molecule has 1 heterocycles. The molecule has 0 bridgehead atoms. The molecule has 1 aliphatic carbocycles. The molecule has 0 saturated heterocycles. The Bertz CT molecular complexity index is 278. The zero-order valence-corrected chi connectivity index (χ0v) is 9.81. The lowest BCUT2D eigenvalue weighted by Crippen LogP contribution is -2.08. The fourth-order valence-electron chi connectivity index (χ4n) is 2.44. The van der Waals surface area contributed by atoms with Gasteiger partial charge >= 0.3 is 0 Å². The van der Waals surface area contributed by atoms with E-state index in [0.29, 0.717) is 5.92 Å². The van der Waals surface area contributed by atoms with Crippen molar-refractivity contribution >= 4 is 0 Å². The number of rotatable bonds is 1. The number of nitrogens with zero attached hydrogens (tertiary/aromatic N) is 4. The average Bonchev–Trinajstić information content (AvgIpc) is 2.37. The molecule has 0 amide bonds. The molecular weight excluding hydrogens is 200 g/mol. The highest BCUT2D eigenvalue weighted by Gasteiger charge is 2.15. The van der Waals surface area contributed by atoms with Crippen LogP contribution in [0.4, 0.5) is 0 Å². The summed E-state index contributed by atoms with van der Waals surface area (Å²) < 4.78 is 0. The lowest BCUT2D eigenvalue weighted by atomic mass is 9.92. The topological polar surface area (TPSA) is 51.6 Å². The molecule has 1 aromatic heterocycles. The van der Waals surface area contributed by atoms with Gasteiger partial charge in [0.25, 0.3) is 0 Å². The van der Waals surface area contributed by atoms with Crippen LogP contribution in [0.1, 0.15) is 69.5 Å². The zero-order valence-electron chi connectivity index (χ0n) is 9.81. The van der Waals surface area contributed by atoms with Gasteiger partial charge in [0.05, 0.1) is 0 Å². The summed E-state index contributed by atoms with van der Waals surface area (Å²) in [5, 5.41) is 15.9. The molecule has 4 nitrogen and oxygen atoms in total. The van der Waals surface area contributed by atoms with Crippen LogP contribution in [0.5, 0.6) is 0 Å². The van der Waals surface area contributed by atoms with Crippen LogP contribution in [0.15, 0.2) is 6.33 Å². The lowest BCUT2D eigenvalue weighted by molar-refractivity contribution is 0.443. The molecule has 0 unspecified atom stereocenters. The molecule has 1 saturated carbocycles. The van der Waals surface area contributed by atoms with E-state index in [-0.39, 0.29) is 0 Å². The van der Waals surface area contributed by atoms with E-state index in [0.717, 1.165) is 5.82 Å². The normalized spacial score (nSPS) is 20.5. The van der Waals surface area contributed by atoms with Crippen molar-refractivity contribution in [3.8, 4) is 0 Å². The second-order valence-electron chi connectivity index (χ2n) is 4.65. The Morgan fingerprint density at radius 3 is 1.81 bits per heavy atom. The third kappa shape index (κ3) is 3.51. The smallest absolute Gasteiger partial charge is 0.135 e. The van der Waals surface area contributed by atoms with E-state index in [9.17, 15) is 0 Å². The molecule has 0 spiro atoms. The maximum Gasteiger partial charge on any atom is 0.176 e. The van der Waals surface area contributed by atoms with Gasteiger partial charge in [0.1, 0.15) is 0 Å². The molecule has 88 valence electrons. The van der Waals surface area contributed by atoms with Crippen molar-refractivity contribution in [3.63, 3.8) is 0 Å². The first-order valence-electron chi connectivity index (χ1n) is 6.47. The van der Waals surface area contributed by atoms with Gasteiger partial charge in [-0.1, -0.05) is 44.9 Å². The molecule has 0 N–H and O–H groups in total. The van der Waals surface area contributed by atoms with Crippen LogP contribution < -0.4 is 0 Å². The summed E-state index contributed by atoms with van der Waals surface area (Å²) in [5.41, 5.74) is 0. The number of hydrogen-bond donors (Lipinski definition) is 0. The fraction of sp³-hybridized carbons (Fsp3) is 0.833. The summed E-state index contributed by atoms with van der Waals surface area (Å²) >= 11 is 0. The molecule has 1 aliphatic rings.